The molecule has 1 aromatic carbocycles. The molecule has 0 atom stereocenters. The van der Waals surface area contributed by atoms with Gasteiger partial charge in [-0.15, -0.1) is 11.3 Å². The molecule has 0 fully saturated rings. The quantitative estimate of drug-likeness (QED) is 0.519. The number of primary amides is 1. The average molecular weight is 460 g/mol. The number of halogens is 1. The van der Waals surface area contributed by atoms with Gasteiger partial charge in [-0.2, -0.15) is 5.26 Å². The van der Waals surface area contributed by atoms with Gasteiger partial charge in [-0.1, -0.05) is 6.07 Å². The number of anilines is 1. The molecule has 0 bridgehead atoms. The number of methoxy groups -OCH3 is 1. The van der Waals surface area contributed by atoms with Gasteiger partial charge in [0.1, 0.15) is 22.4 Å². The number of nitrogens with zero attached hydrogens (tertiary/aromatic N) is 1. The topological polar surface area (TPSA) is 105 Å². The molecule has 2 aromatic rings. The van der Waals surface area contributed by atoms with Gasteiger partial charge < -0.3 is 15.8 Å². The molecule has 1 aliphatic carbocycles. The number of rotatable bonds is 5. The molecule has 0 aliphatic heterocycles. The zero-order valence-electron chi connectivity index (χ0n) is 15.2. The Labute approximate surface area is 175 Å². The standard InChI is InChI=1S/C20H18BrN3O3S/c1-27-15-7-6-11(9-14(15)21)8-12(10-22)19(26)24-20-17(18(23)25)13-4-2-3-5-16(13)28-20/h6-9H,2-5H2,1H3,(H2,23,25)(H,24,26)/b12-8+. The number of fused-ring (bicyclic) bond motifs is 1. The Morgan fingerprint density at radius 3 is 2.75 bits per heavy atom. The van der Waals surface area contributed by atoms with E-state index < -0.39 is 11.8 Å². The first-order chi connectivity index (χ1) is 13.4. The lowest BCUT2D eigenvalue weighted by molar-refractivity contribution is -0.112. The number of nitrogens with two attached hydrogens (primary N) is 1. The summed E-state index contributed by atoms with van der Waals surface area (Å²) in [7, 11) is 1.56. The lowest BCUT2D eigenvalue weighted by atomic mass is 9.95. The number of thiophene rings is 1. The van der Waals surface area contributed by atoms with Gasteiger partial charge in [0.15, 0.2) is 0 Å². The Morgan fingerprint density at radius 2 is 2.11 bits per heavy atom. The summed E-state index contributed by atoms with van der Waals surface area (Å²) in [6, 6.07) is 7.15. The fourth-order valence-corrected chi connectivity index (χ4v) is 5.02. The molecule has 3 N–H and O–H groups in total. The average Bonchev–Trinajstić information content (AvgIpc) is 3.04. The summed E-state index contributed by atoms with van der Waals surface area (Å²) in [5.41, 5.74) is 7.45. The highest BCUT2D eigenvalue weighted by Gasteiger charge is 2.25. The van der Waals surface area contributed by atoms with E-state index in [-0.39, 0.29) is 5.57 Å². The first kappa shape index (κ1) is 20.1. The van der Waals surface area contributed by atoms with Crippen LogP contribution in [0.25, 0.3) is 6.08 Å². The number of hydrogen-bond donors (Lipinski definition) is 2. The maximum absolute atomic E-state index is 12.7. The first-order valence-corrected chi connectivity index (χ1v) is 10.3. The van der Waals surface area contributed by atoms with Crippen LogP contribution in [0.2, 0.25) is 0 Å². The molecule has 2 amide bonds. The Bertz CT molecular complexity index is 1020. The molecule has 6 nitrogen and oxygen atoms in total. The van der Waals surface area contributed by atoms with Crippen molar-refractivity contribution in [3.05, 3.63) is 49.8 Å². The van der Waals surface area contributed by atoms with Crippen LogP contribution in [0.5, 0.6) is 5.75 Å². The predicted molar refractivity (Wildman–Crippen MR) is 112 cm³/mol. The van der Waals surface area contributed by atoms with Crippen molar-refractivity contribution in [2.24, 2.45) is 5.73 Å². The fourth-order valence-electron chi connectivity index (χ4n) is 3.17. The number of benzene rings is 1. The van der Waals surface area contributed by atoms with E-state index in [1.54, 1.807) is 25.3 Å². The van der Waals surface area contributed by atoms with Gasteiger partial charge in [0.05, 0.1) is 17.1 Å². The third-order valence-corrected chi connectivity index (χ3v) is 6.32. The predicted octanol–water partition coefficient (Wildman–Crippen LogP) is 4.04. The highest BCUT2D eigenvalue weighted by molar-refractivity contribution is 9.10. The third kappa shape index (κ3) is 4.11. The summed E-state index contributed by atoms with van der Waals surface area (Å²) in [5, 5.41) is 12.6. The van der Waals surface area contributed by atoms with Crippen molar-refractivity contribution in [2.75, 3.05) is 12.4 Å². The van der Waals surface area contributed by atoms with Gasteiger partial charge in [-0.25, -0.2) is 0 Å². The Hall–Kier alpha value is -2.63. The van der Waals surface area contributed by atoms with Crippen LogP contribution < -0.4 is 15.8 Å². The van der Waals surface area contributed by atoms with Crippen molar-refractivity contribution in [1.82, 2.24) is 0 Å². The monoisotopic (exact) mass is 459 g/mol. The molecule has 28 heavy (non-hydrogen) atoms. The van der Waals surface area contributed by atoms with Crippen LogP contribution in [0, 0.1) is 11.3 Å². The van der Waals surface area contributed by atoms with Crippen molar-refractivity contribution in [3.63, 3.8) is 0 Å². The van der Waals surface area contributed by atoms with Crippen LogP contribution in [0.15, 0.2) is 28.2 Å². The minimum absolute atomic E-state index is 0.0705. The van der Waals surface area contributed by atoms with Crippen molar-refractivity contribution < 1.29 is 14.3 Å². The number of carbonyl (C=O) groups is 2. The summed E-state index contributed by atoms with van der Waals surface area (Å²) in [4.78, 5) is 25.7. The zero-order valence-corrected chi connectivity index (χ0v) is 17.6. The number of amides is 2. The minimum atomic E-state index is -0.574. The lowest BCUT2D eigenvalue weighted by Gasteiger charge is -2.11. The zero-order chi connectivity index (χ0) is 20.3. The molecule has 3 rings (SSSR count). The summed E-state index contributed by atoms with van der Waals surface area (Å²) >= 11 is 4.75. The maximum Gasteiger partial charge on any atom is 0.266 e. The van der Waals surface area contributed by atoms with Crippen LogP contribution in [0.4, 0.5) is 5.00 Å². The number of aryl methyl sites for hydroxylation is 1. The Balaban J connectivity index is 1.89. The maximum atomic E-state index is 12.7. The van der Waals surface area contributed by atoms with Crippen LogP contribution in [0.1, 0.15) is 39.2 Å². The second-order valence-electron chi connectivity index (χ2n) is 6.30. The number of nitriles is 1. The molecule has 0 radical (unpaired) electrons. The number of ether oxygens (including phenoxy) is 1. The lowest BCUT2D eigenvalue weighted by Crippen LogP contribution is -2.19. The van der Waals surface area contributed by atoms with E-state index in [4.69, 9.17) is 10.5 Å². The van der Waals surface area contributed by atoms with Gasteiger partial charge in [0.25, 0.3) is 11.8 Å². The SMILES string of the molecule is COc1ccc(/C=C(\C#N)C(=O)Nc2sc3c(c2C(N)=O)CCCC3)cc1Br. The normalized spacial score (nSPS) is 13.4. The van der Waals surface area contributed by atoms with E-state index in [0.29, 0.717) is 26.4 Å². The molecular formula is C20H18BrN3O3S. The van der Waals surface area contributed by atoms with E-state index in [0.717, 1.165) is 36.1 Å². The molecular weight excluding hydrogens is 442 g/mol. The van der Waals surface area contributed by atoms with Crippen LogP contribution >= 0.6 is 27.3 Å². The van der Waals surface area contributed by atoms with E-state index in [2.05, 4.69) is 21.2 Å². The molecule has 8 heteroatoms. The number of nitrogens with one attached hydrogen (secondary N) is 1. The molecule has 0 spiro atoms. The molecule has 144 valence electrons. The van der Waals surface area contributed by atoms with Gasteiger partial charge in [0, 0.05) is 4.88 Å². The van der Waals surface area contributed by atoms with E-state index >= 15 is 0 Å². The summed E-state index contributed by atoms with van der Waals surface area (Å²) in [6.07, 6.45) is 5.18. The largest absolute Gasteiger partial charge is 0.496 e. The van der Waals surface area contributed by atoms with Crippen LogP contribution in [-0.4, -0.2) is 18.9 Å². The molecule has 0 saturated heterocycles. The van der Waals surface area contributed by atoms with E-state index in [9.17, 15) is 14.9 Å². The van der Waals surface area contributed by atoms with E-state index in [1.165, 1.54) is 17.4 Å². The summed E-state index contributed by atoms with van der Waals surface area (Å²) < 4.78 is 5.89. The van der Waals surface area contributed by atoms with Gasteiger partial charge in [-0.3, -0.25) is 9.59 Å². The van der Waals surface area contributed by atoms with E-state index in [1.807, 2.05) is 6.07 Å². The minimum Gasteiger partial charge on any atom is -0.496 e. The smallest absolute Gasteiger partial charge is 0.266 e. The molecule has 1 heterocycles. The van der Waals surface area contributed by atoms with Crippen molar-refractivity contribution in [3.8, 4) is 11.8 Å². The molecule has 1 aliphatic rings. The first-order valence-electron chi connectivity index (χ1n) is 8.65. The van der Waals surface area contributed by atoms with Gasteiger partial charge in [0.2, 0.25) is 0 Å². The van der Waals surface area contributed by atoms with Crippen molar-refractivity contribution >= 4 is 50.2 Å². The highest BCUT2D eigenvalue weighted by atomic mass is 79.9. The number of hydrogen-bond acceptors (Lipinski definition) is 5. The molecule has 0 unspecified atom stereocenters. The second kappa shape index (κ2) is 8.59. The highest BCUT2D eigenvalue weighted by Crippen LogP contribution is 2.38. The van der Waals surface area contributed by atoms with Crippen molar-refractivity contribution in [1.29, 1.82) is 5.26 Å². The van der Waals surface area contributed by atoms with Crippen LogP contribution in [0.3, 0.4) is 0 Å². The fraction of sp³-hybridized carbons (Fsp3) is 0.250. The van der Waals surface area contributed by atoms with Crippen molar-refractivity contribution in [2.45, 2.75) is 25.7 Å². The third-order valence-electron chi connectivity index (χ3n) is 4.50. The number of carbonyl (C=O) groups excluding carboxylic acids is 2. The molecule has 0 saturated carbocycles. The van der Waals surface area contributed by atoms with Gasteiger partial charge >= 0.3 is 0 Å². The summed E-state index contributed by atoms with van der Waals surface area (Å²) in [6.45, 7) is 0. The Kier molecular flexibility index (Phi) is 6.17. The van der Waals surface area contributed by atoms with Gasteiger partial charge in [-0.05, 0) is 70.9 Å². The van der Waals surface area contributed by atoms with Crippen LogP contribution in [-0.2, 0) is 17.6 Å². The molecule has 1 aromatic heterocycles. The second-order valence-corrected chi connectivity index (χ2v) is 8.26. The Morgan fingerprint density at radius 1 is 1.36 bits per heavy atom. The summed E-state index contributed by atoms with van der Waals surface area (Å²) in [5.74, 6) is -0.484.